The van der Waals surface area contributed by atoms with Gasteiger partial charge in [0.2, 0.25) is 0 Å². The number of ketones is 1. The standard InChI is InChI=1S/C13H22N2O/c1-11(4-5-13(3)16)12(2)10-15-8-6-14-7-9-15/h4-5,14H,6-10H2,1-3H3/b5-4-,12-11+. The number of carbonyl (C=O) groups excluding carboxylic acids is 1. The number of rotatable bonds is 4. The third kappa shape index (κ3) is 4.73. The molecule has 1 rings (SSSR count). The molecular weight excluding hydrogens is 200 g/mol. The summed E-state index contributed by atoms with van der Waals surface area (Å²) in [6.07, 6.45) is 3.55. The lowest BCUT2D eigenvalue weighted by molar-refractivity contribution is -0.112. The lowest BCUT2D eigenvalue weighted by Crippen LogP contribution is -2.44. The van der Waals surface area contributed by atoms with E-state index in [2.05, 4.69) is 24.1 Å². The second kappa shape index (κ2) is 6.61. The van der Waals surface area contributed by atoms with E-state index < -0.39 is 0 Å². The summed E-state index contributed by atoms with van der Waals surface area (Å²) in [6.45, 7) is 11.2. The predicted molar refractivity (Wildman–Crippen MR) is 67.5 cm³/mol. The summed E-state index contributed by atoms with van der Waals surface area (Å²) in [5.41, 5.74) is 2.55. The maximum atomic E-state index is 10.8. The van der Waals surface area contributed by atoms with Crippen LogP contribution in [0.1, 0.15) is 20.8 Å². The highest BCUT2D eigenvalue weighted by Crippen LogP contribution is 2.08. The number of allylic oxidation sites excluding steroid dienone is 3. The molecule has 0 aromatic carbocycles. The molecule has 1 heterocycles. The molecule has 3 nitrogen and oxygen atoms in total. The van der Waals surface area contributed by atoms with Crippen molar-refractivity contribution in [1.29, 1.82) is 0 Å². The molecule has 0 radical (unpaired) electrons. The monoisotopic (exact) mass is 222 g/mol. The van der Waals surface area contributed by atoms with Crippen LogP contribution in [0.5, 0.6) is 0 Å². The normalized spacial score (nSPS) is 19.9. The van der Waals surface area contributed by atoms with Crippen LogP contribution in [-0.2, 0) is 4.79 Å². The zero-order valence-electron chi connectivity index (χ0n) is 10.5. The van der Waals surface area contributed by atoms with Crippen LogP contribution in [0.25, 0.3) is 0 Å². The van der Waals surface area contributed by atoms with Gasteiger partial charge >= 0.3 is 0 Å². The molecule has 0 amide bonds. The summed E-state index contributed by atoms with van der Waals surface area (Å²) in [7, 11) is 0. The molecule has 0 spiro atoms. The van der Waals surface area contributed by atoms with Crippen LogP contribution in [-0.4, -0.2) is 43.4 Å². The summed E-state index contributed by atoms with van der Waals surface area (Å²) in [5, 5.41) is 3.34. The van der Waals surface area contributed by atoms with Crippen molar-refractivity contribution >= 4 is 5.78 Å². The highest BCUT2D eigenvalue weighted by Gasteiger charge is 2.09. The van der Waals surface area contributed by atoms with Crippen molar-refractivity contribution in [2.24, 2.45) is 0 Å². The van der Waals surface area contributed by atoms with Gasteiger partial charge in [-0.2, -0.15) is 0 Å². The number of carbonyl (C=O) groups is 1. The van der Waals surface area contributed by atoms with Crippen molar-refractivity contribution in [3.8, 4) is 0 Å². The molecule has 1 aliphatic heterocycles. The Hall–Kier alpha value is -0.930. The Kier molecular flexibility index (Phi) is 5.43. The predicted octanol–water partition coefficient (Wildman–Crippen LogP) is 1.37. The number of nitrogens with one attached hydrogen (secondary N) is 1. The van der Waals surface area contributed by atoms with Crippen LogP contribution in [0.3, 0.4) is 0 Å². The third-order valence-corrected chi connectivity index (χ3v) is 2.91. The van der Waals surface area contributed by atoms with Crippen molar-refractivity contribution in [2.45, 2.75) is 20.8 Å². The lowest BCUT2D eigenvalue weighted by atomic mass is 10.1. The minimum atomic E-state index is 0.106. The molecule has 3 heteroatoms. The number of hydrogen-bond acceptors (Lipinski definition) is 3. The quantitative estimate of drug-likeness (QED) is 0.576. The number of piperazine rings is 1. The molecule has 0 unspecified atom stereocenters. The Labute approximate surface area is 98.2 Å². The van der Waals surface area contributed by atoms with Crippen LogP contribution in [0, 0.1) is 0 Å². The van der Waals surface area contributed by atoms with Crippen molar-refractivity contribution in [2.75, 3.05) is 32.7 Å². The van der Waals surface area contributed by atoms with E-state index in [4.69, 9.17) is 0 Å². The van der Waals surface area contributed by atoms with Gasteiger partial charge in [0.05, 0.1) is 0 Å². The SMILES string of the molecule is CC(=O)/C=C\C(C)=C(/C)CN1CCNCC1. The van der Waals surface area contributed by atoms with Crippen LogP contribution in [0.4, 0.5) is 0 Å². The van der Waals surface area contributed by atoms with Gasteiger partial charge in [-0.3, -0.25) is 9.69 Å². The van der Waals surface area contributed by atoms with Gasteiger partial charge in [-0.15, -0.1) is 0 Å². The van der Waals surface area contributed by atoms with Crippen molar-refractivity contribution < 1.29 is 4.79 Å². The van der Waals surface area contributed by atoms with E-state index in [-0.39, 0.29) is 5.78 Å². The largest absolute Gasteiger partial charge is 0.314 e. The fourth-order valence-corrected chi connectivity index (χ4v) is 1.71. The molecule has 1 N–H and O–H groups in total. The molecular formula is C13H22N2O. The van der Waals surface area contributed by atoms with E-state index in [1.165, 1.54) is 11.1 Å². The molecule has 16 heavy (non-hydrogen) atoms. The van der Waals surface area contributed by atoms with Gasteiger partial charge in [0.1, 0.15) is 0 Å². The Morgan fingerprint density at radius 3 is 2.38 bits per heavy atom. The van der Waals surface area contributed by atoms with Gasteiger partial charge < -0.3 is 5.32 Å². The second-order valence-corrected chi connectivity index (χ2v) is 4.43. The van der Waals surface area contributed by atoms with E-state index in [0.717, 1.165) is 32.7 Å². The molecule has 1 aliphatic rings. The fraction of sp³-hybridized carbons (Fsp3) is 0.615. The first-order valence-electron chi connectivity index (χ1n) is 5.87. The third-order valence-electron chi connectivity index (χ3n) is 2.91. The van der Waals surface area contributed by atoms with Gasteiger partial charge in [-0.1, -0.05) is 17.2 Å². The van der Waals surface area contributed by atoms with Crippen LogP contribution in [0.2, 0.25) is 0 Å². The highest BCUT2D eigenvalue weighted by atomic mass is 16.1. The minimum absolute atomic E-state index is 0.106. The van der Waals surface area contributed by atoms with Crippen LogP contribution < -0.4 is 5.32 Å². The van der Waals surface area contributed by atoms with Crippen LogP contribution in [0.15, 0.2) is 23.3 Å². The Morgan fingerprint density at radius 2 is 1.81 bits per heavy atom. The second-order valence-electron chi connectivity index (χ2n) is 4.43. The molecule has 0 bridgehead atoms. The first-order chi connectivity index (χ1) is 7.59. The van der Waals surface area contributed by atoms with Crippen molar-refractivity contribution in [1.82, 2.24) is 10.2 Å². The summed E-state index contributed by atoms with van der Waals surface area (Å²) in [4.78, 5) is 13.3. The zero-order chi connectivity index (χ0) is 12.0. The fourth-order valence-electron chi connectivity index (χ4n) is 1.71. The molecule has 1 fully saturated rings. The smallest absolute Gasteiger partial charge is 0.152 e. The van der Waals surface area contributed by atoms with Crippen LogP contribution >= 0.6 is 0 Å². The van der Waals surface area contributed by atoms with E-state index in [1.807, 2.05) is 6.08 Å². The Morgan fingerprint density at radius 1 is 1.19 bits per heavy atom. The van der Waals surface area contributed by atoms with E-state index in [1.54, 1.807) is 13.0 Å². The Bertz CT molecular complexity index is 299. The van der Waals surface area contributed by atoms with Gasteiger partial charge in [0, 0.05) is 32.7 Å². The average Bonchev–Trinajstić information content (AvgIpc) is 2.27. The van der Waals surface area contributed by atoms with E-state index in [0.29, 0.717) is 0 Å². The Balaban J connectivity index is 2.50. The summed E-state index contributed by atoms with van der Waals surface area (Å²) in [5.74, 6) is 0.106. The van der Waals surface area contributed by atoms with E-state index >= 15 is 0 Å². The molecule has 0 aromatic rings. The number of nitrogens with zero attached hydrogens (tertiary/aromatic N) is 1. The number of hydrogen-bond donors (Lipinski definition) is 1. The van der Waals surface area contributed by atoms with Gasteiger partial charge in [0.15, 0.2) is 5.78 Å². The van der Waals surface area contributed by atoms with Crippen molar-refractivity contribution in [3.05, 3.63) is 23.3 Å². The molecule has 0 aliphatic carbocycles. The first-order valence-corrected chi connectivity index (χ1v) is 5.87. The molecule has 0 atom stereocenters. The van der Waals surface area contributed by atoms with Gasteiger partial charge in [0.25, 0.3) is 0 Å². The zero-order valence-corrected chi connectivity index (χ0v) is 10.5. The summed E-state index contributed by atoms with van der Waals surface area (Å²) in [6, 6.07) is 0. The summed E-state index contributed by atoms with van der Waals surface area (Å²) >= 11 is 0. The van der Waals surface area contributed by atoms with Crippen molar-refractivity contribution in [3.63, 3.8) is 0 Å². The molecule has 0 saturated carbocycles. The lowest BCUT2D eigenvalue weighted by Gasteiger charge is -2.27. The maximum Gasteiger partial charge on any atom is 0.152 e. The molecule has 1 saturated heterocycles. The minimum Gasteiger partial charge on any atom is -0.314 e. The summed E-state index contributed by atoms with van der Waals surface area (Å²) < 4.78 is 0. The highest BCUT2D eigenvalue weighted by molar-refractivity contribution is 5.87. The first kappa shape index (κ1) is 13.1. The van der Waals surface area contributed by atoms with Gasteiger partial charge in [-0.25, -0.2) is 0 Å². The maximum absolute atomic E-state index is 10.8. The van der Waals surface area contributed by atoms with Gasteiger partial charge in [-0.05, 0) is 26.8 Å². The molecule has 0 aromatic heterocycles. The van der Waals surface area contributed by atoms with E-state index in [9.17, 15) is 4.79 Å². The molecule has 90 valence electrons. The average molecular weight is 222 g/mol. The topological polar surface area (TPSA) is 32.3 Å².